The molecule has 1 fully saturated rings. The van der Waals surface area contributed by atoms with Crippen LogP contribution in [0, 0.1) is 0 Å². The second kappa shape index (κ2) is 5.61. The molecule has 1 atom stereocenters. The molecule has 1 heterocycles. The van der Waals surface area contributed by atoms with Crippen molar-refractivity contribution < 1.29 is 9.47 Å². The van der Waals surface area contributed by atoms with Crippen molar-refractivity contribution >= 4 is 0 Å². The van der Waals surface area contributed by atoms with Crippen molar-refractivity contribution in [3.63, 3.8) is 0 Å². The van der Waals surface area contributed by atoms with Gasteiger partial charge in [0.25, 0.3) is 0 Å². The van der Waals surface area contributed by atoms with Crippen LogP contribution in [0.2, 0.25) is 0 Å². The Balaban J connectivity index is 2.54. The zero-order chi connectivity index (χ0) is 13.1. The minimum atomic E-state index is 0.500. The van der Waals surface area contributed by atoms with E-state index in [1.54, 1.807) is 14.2 Å². The van der Waals surface area contributed by atoms with Crippen LogP contribution in [0.25, 0.3) is 0 Å². The first-order valence-electron chi connectivity index (χ1n) is 6.64. The molecule has 1 aliphatic rings. The summed E-state index contributed by atoms with van der Waals surface area (Å²) in [5.74, 6) is 2.79. The Morgan fingerprint density at radius 2 is 2.00 bits per heavy atom. The van der Waals surface area contributed by atoms with Crippen LogP contribution < -0.4 is 14.8 Å². The Labute approximate surface area is 109 Å². The van der Waals surface area contributed by atoms with Crippen molar-refractivity contribution in [1.82, 2.24) is 5.32 Å². The van der Waals surface area contributed by atoms with Gasteiger partial charge in [0.1, 0.15) is 0 Å². The van der Waals surface area contributed by atoms with E-state index in [0.29, 0.717) is 11.8 Å². The SMILES string of the molecule is COc1ccc(C(C)C)c(C2CCNC2)c1OC. The van der Waals surface area contributed by atoms with Crippen LogP contribution in [0.5, 0.6) is 11.5 Å². The third-order valence-corrected chi connectivity index (χ3v) is 3.71. The van der Waals surface area contributed by atoms with Gasteiger partial charge in [-0.15, -0.1) is 0 Å². The molecular formula is C15H23NO2. The molecule has 0 bridgehead atoms. The fraction of sp³-hybridized carbons (Fsp3) is 0.600. The molecule has 1 N–H and O–H groups in total. The maximum Gasteiger partial charge on any atom is 0.164 e. The number of ether oxygens (including phenoxy) is 2. The highest BCUT2D eigenvalue weighted by Gasteiger charge is 2.26. The molecule has 3 nitrogen and oxygen atoms in total. The maximum atomic E-state index is 5.62. The summed E-state index contributed by atoms with van der Waals surface area (Å²) in [6.45, 7) is 6.58. The molecule has 2 rings (SSSR count). The van der Waals surface area contributed by atoms with Gasteiger partial charge >= 0.3 is 0 Å². The highest BCUT2D eigenvalue weighted by molar-refractivity contribution is 5.53. The zero-order valence-electron chi connectivity index (χ0n) is 11.7. The third kappa shape index (κ3) is 2.32. The number of hydrogen-bond donors (Lipinski definition) is 1. The molecular weight excluding hydrogens is 226 g/mol. The van der Waals surface area contributed by atoms with Gasteiger partial charge in [0, 0.05) is 18.0 Å². The normalized spacial score (nSPS) is 19.3. The Hall–Kier alpha value is -1.22. The molecule has 0 amide bonds. The van der Waals surface area contributed by atoms with Gasteiger partial charge in [0.2, 0.25) is 0 Å². The van der Waals surface area contributed by atoms with Gasteiger partial charge in [0.05, 0.1) is 14.2 Å². The largest absolute Gasteiger partial charge is 0.493 e. The molecule has 100 valence electrons. The fourth-order valence-electron chi connectivity index (χ4n) is 2.79. The van der Waals surface area contributed by atoms with E-state index in [9.17, 15) is 0 Å². The first-order valence-corrected chi connectivity index (χ1v) is 6.64. The molecule has 0 radical (unpaired) electrons. The molecule has 18 heavy (non-hydrogen) atoms. The average Bonchev–Trinajstić information content (AvgIpc) is 2.90. The molecule has 1 aromatic rings. The molecule has 0 saturated carbocycles. The molecule has 1 saturated heterocycles. The summed E-state index contributed by atoms with van der Waals surface area (Å²) in [5.41, 5.74) is 2.71. The van der Waals surface area contributed by atoms with Crippen molar-refractivity contribution in [3.8, 4) is 11.5 Å². The average molecular weight is 249 g/mol. The van der Waals surface area contributed by atoms with Gasteiger partial charge in [0.15, 0.2) is 11.5 Å². The van der Waals surface area contributed by atoms with Gasteiger partial charge in [-0.05, 0) is 30.5 Å². The highest BCUT2D eigenvalue weighted by atomic mass is 16.5. The van der Waals surface area contributed by atoms with E-state index >= 15 is 0 Å². The summed E-state index contributed by atoms with van der Waals surface area (Å²) in [5, 5.41) is 3.43. The summed E-state index contributed by atoms with van der Waals surface area (Å²) in [6.07, 6.45) is 1.17. The molecule has 1 aromatic carbocycles. The molecule has 1 unspecified atom stereocenters. The van der Waals surface area contributed by atoms with E-state index in [-0.39, 0.29) is 0 Å². The number of nitrogens with one attached hydrogen (secondary N) is 1. The van der Waals surface area contributed by atoms with E-state index in [4.69, 9.17) is 9.47 Å². The van der Waals surface area contributed by atoms with Gasteiger partial charge in [-0.1, -0.05) is 19.9 Å². The maximum absolute atomic E-state index is 5.62. The monoisotopic (exact) mass is 249 g/mol. The number of hydrogen-bond acceptors (Lipinski definition) is 3. The lowest BCUT2D eigenvalue weighted by molar-refractivity contribution is 0.349. The van der Waals surface area contributed by atoms with Crippen LogP contribution in [-0.2, 0) is 0 Å². The predicted molar refractivity (Wildman–Crippen MR) is 73.9 cm³/mol. The van der Waals surface area contributed by atoms with Crippen molar-refractivity contribution in [2.75, 3.05) is 27.3 Å². The summed E-state index contributed by atoms with van der Waals surface area (Å²) < 4.78 is 11.0. The molecule has 0 spiro atoms. The van der Waals surface area contributed by atoms with Crippen LogP contribution in [0.4, 0.5) is 0 Å². The smallest absolute Gasteiger partial charge is 0.164 e. The van der Waals surface area contributed by atoms with E-state index in [1.165, 1.54) is 17.5 Å². The fourth-order valence-corrected chi connectivity index (χ4v) is 2.79. The Kier molecular flexibility index (Phi) is 4.12. The topological polar surface area (TPSA) is 30.5 Å². The van der Waals surface area contributed by atoms with Gasteiger partial charge in [-0.25, -0.2) is 0 Å². The van der Waals surface area contributed by atoms with Gasteiger partial charge in [-0.3, -0.25) is 0 Å². The van der Waals surface area contributed by atoms with Crippen LogP contribution in [0.15, 0.2) is 12.1 Å². The Morgan fingerprint density at radius 1 is 1.22 bits per heavy atom. The number of methoxy groups -OCH3 is 2. The van der Waals surface area contributed by atoms with Crippen molar-refractivity contribution in [2.24, 2.45) is 0 Å². The second-order valence-electron chi connectivity index (χ2n) is 5.15. The van der Waals surface area contributed by atoms with Crippen LogP contribution in [0.1, 0.15) is 43.2 Å². The second-order valence-corrected chi connectivity index (χ2v) is 5.15. The summed E-state index contributed by atoms with van der Waals surface area (Å²) in [4.78, 5) is 0. The van der Waals surface area contributed by atoms with Gasteiger partial charge < -0.3 is 14.8 Å². The highest BCUT2D eigenvalue weighted by Crippen LogP contribution is 2.42. The van der Waals surface area contributed by atoms with E-state index in [0.717, 1.165) is 24.6 Å². The lowest BCUT2D eigenvalue weighted by Gasteiger charge is -2.22. The first-order chi connectivity index (χ1) is 8.69. The van der Waals surface area contributed by atoms with Crippen LogP contribution in [-0.4, -0.2) is 27.3 Å². The van der Waals surface area contributed by atoms with Crippen LogP contribution >= 0.6 is 0 Å². The van der Waals surface area contributed by atoms with Crippen LogP contribution in [0.3, 0.4) is 0 Å². The van der Waals surface area contributed by atoms with Crippen molar-refractivity contribution in [2.45, 2.75) is 32.1 Å². The van der Waals surface area contributed by atoms with E-state index in [1.807, 2.05) is 6.07 Å². The molecule has 0 aliphatic carbocycles. The zero-order valence-corrected chi connectivity index (χ0v) is 11.7. The minimum absolute atomic E-state index is 0.500. The van der Waals surface area contributed by atoms with Gasteiger partial charge in [-0.2, -0.15) is 0 Å². The van der Waals surface area contributed by atoms with E-state index < -0.39 is 0 Å². The summed E-state index contributed by atoms with van der Waals surface area (Å²) in [7, 11) is 3.43. The quantitative estimate of drug-likeness (QED) is 0.890. The van der Waals surface area contributed by atoms with Crippen molar-refractivity contribution in [3.05, 3.63) is 23.3 Å². The molecule has 1 aliphatic heterocycles. The minimum Gasteiger partial charge on any atom is -0.493 e. The Bertz CT molecular complexity index is 409. The summed E-state index contributed by atoms with van der Waals surface area (Å²) >= 11 is 0. The number of rotatable bonds is 4. The standard InChI is InChI=1S/C15H23NO2/c1-10(2)12-5-6-13(17-3)15(18-4)14(12)11-7-8-16-9-11/h5-6,10-11,16H,7-9H2,1-4H3. The third-order valence-electron chi connectivity index (χ3n) is 3.71. The molecule has 3 heteroatoms. The lowest BCUT2D eigenvalue weighted by atomic mass is 9.87. The van der Waals surface area contributed by atoms with E-state index in [2.05, 4.69) is 25.2 Å². The number of benzene rings is 1. The predicted octanol–water partition coefficient (Wildman–Crippen LogP) is 2.90. The molecule has 0 aromatic heterocycles. The first kappa shape index (κ1) is 13.2. The lowest BCUT2D eigenvalue weighted by Crippen LogP contribution is -2.11. The van der Waals surface area contributed by atoms with Crippen molar-refractivity contribution in [1.29, 1.82) is 0 Å². The summed E-state index contributed by atoms with van der Waals surface area (Å²) in [6, 6.07) is 4.19. The Morgan fingerprint density at radius 3 is 2.50 bits per heavy atom.